The average Bonchev–Trinajstić information content (AvgIpc) is 3.58. The molecule has 0 aliphatic carbocycles. The number of carboxylic acid groups (broad SMARTS) is 2. The zero-order valence-corrected chi connectivity index (χ0v) is 20.7. The molecular formula is C23H30O16. The molecule has 8 atom stereocenters. The molecule has 0 spiro atoms. The molecule has 4 heterocycles. The molecular weight excluding hydrogens is 532 g/mol. The molecule has 39 heavy (non-hydrogen) atoms. The fraction of sp³-hybridized carbons (Fsp3) is 0.696. The van der Waals surface area contributed by atoms with Crippen LogP contribution in [0.3, 0.4) is 0 Å². The monoisotopic (exact) mass is 562 g/mol. The van der Waals surface area contributed by atoms with Crippen LogP contribution in [0.5, 0.6) is 0 Å². The predicted molar refractivity (Wildman–Crippen MR) is 120 cm³/mol. The summed E-state index contributed by atoms with van der Waals surface area (Å²) in [7, 11) is 0. The van der Waals surface area contributed by atoms with E-state index in [0.29, 0.717) is 6.61 Å². The van der Waals surface area contributed by atoms with E-state index in [2.05, 4.69) is 6.58 Å². The van der Waals surface area contributed by atoms with Crippen molar-refractivity contribution in [3.63, 3.8) is 0 Å². The van der Waals surface area contributed by atoms with Gasteiger partial charge in [-0.15, -0.1) is 0 Å². The summed E-state index contributed by atoms with van der Waals surface area (Å²) in [5.74, 6) is -5.30. The molecule has 0 aromatic rings. The van der Waals surface area contributed by atoms with Crippen molar-refractivity contribution in [1.29, 1.82) is 0 Å². The van der Waals surface area contributed by atoms with E-state index in [-0.39, 0.29) is 50.6 Å². The van der Waals surface area contributed by atoms with Crippen LogP contribution in [0.4, 0.5) is 0 Å². The predicted octanol–water partition coefficient (Wildman–Crippen LogP) is -1.68. The lowest BCUT2D eigenvalue weighted by Crippen LogP contribution is -2.36. The summed E-state index contributed by atoms with van der Waals surface area (Å²) in [6.45, 7) is 3.77. The van der Waals surface area contributed by atoms with Crippen LogP contribution in [0.1, 0.15) is 19.3 Å². The van der Waals surface area contributed by atoms with Crippen molar-refractivity contribution in [1.82, 2.24) is 0 Å². The molecule has 0 saturated carbocycles. The molecule has 218 valence electrons. The van der Waals surface area contributed by atoms with E-state index >= 15 is 0 Å². The lowest BCUT2D eigenvalue weighted by atomic mass is 10.0. The zero-order chi connectivity index (χ0) is 28.7. The van der Waals surface area contributed by atoms with Gasteiger partial charge in [0, 0.05) is 5.92 Å². The average molecular weight is 562 g/mol. The second-order valence-corrected chi connectivity index (χ2v) is 9.10. The van der Waals surface area contributed by atoms with Crippen molar-refractivity contribution in [2.75, 3.05) is 33.0 Å². The molecule has 0 amide bonds. The number of carbonyl (C=O) groups is 5. The quantitative estimate of drug-likeness (QED) is 0.101. The van der Waals surface area contributed by atoms with Crippen LogP contribution in [0, 0.1) is 5.92 Å². The van der Waals surface area contributed by atoms with Gasteiger partial charge < -0.3 is 53.6 Å². The van der Waals surface area contributed by atoms with Crippen LogP contribution in [-0.4, -0.2) is 126 Å². The highest BCUT2D eigenvalue weighted by molar-refractivity contribution is 5.90. The van der Waals surface area contributed by atoms with Crippen LogP contribution < -0.4 is 0 Å². The maximum atomic E-state index is 11.5. The maximum absolute atomic E-state index is 11.5. The number of fused-ring (bicyclic) bond motifs is 2. The van der Waals surface area contributed by atoms with Crippen LogP contribution >= 0.6 is 0 Å². The number of carboxylic acids is 2. The summed E-state index contributed by atoms with van der Waals surface area (Å²) in [5.41, 5.74) is 0. The van der Waals surface area contributed by atoms with Crippen molar-refractivity contribution < 1.29 is 77.6 Å². The van der Waals surface area contributed by atoms with E-state index in [1.54, 1.807) is 0 Å². The minimum Gasteiger partial charge on any atom is -0.512 e. The molecule has 0 radical (unpaired) electrons. The van der Waals surface area contributed by atoms with Gasteiger partial charge in [-0.1, -0.05) is 6.58 Å². The summed E-state index contributed by atoms with van der Waals surface area (Å²) in [4.78, 5) is 54.7. The van der Waals surface area contributed by atoms with Crippen molar-refractivity contribution in [3.8, 4) is 0 Å². The zero-order valence-electron chi connectivity index (χ0n) is 20.7. The van der Waals surface area contributed by atoms with E-state index in [4.69, 9.17) is 53.6 Å². The Labute approximate surface area is 221 Å². The topological polar surface area (TPSA) is 231 Å². The molecule has 4 rings (SSSR count). The van der Waals surface area contributed by atoms with E-state index in [0.717, 1.165) is 0 Å². The van der Waals surface area contributed by atoms with E-state index < -0.39 is 79.3 Å². The first-order valence-corrected chi connectivity index (χ1v) is 11.9. The Balaban J connectivity index is 0.000000223. The van der Waals surface area contributed by atoms with Gasteiger partial charge in [0.25, 0.3) is 0 Å². The SMILES string of the molecule is C=C(O)CC(=O)OC1COC2C(OC(=O)CC(=O)O)COC12.O=C(O)CC(=O)OC1COC2C(CO)COC12. The van der Waals surface area contributed by atoms with Gasteiger partial charge in [0.1, 0.15) is 37.6 Å². The molecule has 4 N–H and O–H groups in total. The van der Waals surface area contributed by atoms with Gasteiger partial charge in [-0.05, 0) is 0 Å². The highest BCUT2D eigenvalue weighted by Crippen LogP contribution is 2.33. The van der Waals surface area contributed by atoms with Gasteiger partial charge in [-0.3, -0.25) is 24.0 Å². The third-order valence-corrected chi connectivity index (χ3v) is 6.10. The second kappa shape index (κ2) is 13.7. The highest BCUT2D eigenvalue weighted by atomic mass is 16.7. The number of rotatable bonds is 10. The van der Waals surface area contributed by atoms with Crippen LogP contribution in [0.15, 0.2) is 12.3 Å². The highest BCUT2D eigenvalue weighted by Gasteiger charge is 2.51. The molecule has 4 aliphatic heterocycles. The molecule has 0 aromatic carbocycles. The minimum atomic E-state index is -1.29. The largest absolute Gasteiger partial charge is 0.512 e. The summed E-state index contributed by atoms with van der Waals surface area (Å²) in [6, 6.07) is 0. The molecule has 16 heteroatoms. The van der Waals surface area contributed by atoms with Gasteiger partial charge in [0.15, 0.2) is 18.3 Å². The van der Waals surface area contributed by atoms with E-state index in [1.165, 1.54) is 0 Å². The van der Waals surface area contributed by atoms with Gasteiger partial charge in [-0.25, -0.2) is 0 Å². The Kier molecular flexibility index (Phi) is 10.6. The molecule has 8 unspecified atom stereocenters. The molecule has 16 nitrogen and oxygen atoms in total. The maximum Gasteiger partial charge on any atom is 0.317 e. The summed E-state index contributed by atoms with van der Waals surface area (Å²) >= 11 is 0. The number of aliphatic hydroxyl groups excluding tert-OH is 2. The lowest BCUT2D eigenvalue weighted by molar-refractivity contribution is -0.160. The van der Waals surface area contributed by atoms with Crippen LogP contribution in [0.25, 0.3) is 0 Å². The molecule has 0 bridgehead atoms. The van der Waals surface area contributed by atoms with Crippen molar-refractivity contribution >= 4 is 29.8 Å². The van der Waals surface area contributed by atoms with Crippen molar-refractivity contribution in [3.05, 3.63) is 12.3 Å². The van der Waals surface area contributed by atoms with Crippen LogP contribution in [0.2, 0.25) is 0 Å². The number of hydrogen-bond acceptors (Lipinski definition) is 14. The van der Waals surface area contributed by atoms with E-state index in [1.807, 2.05) is 0 Å². The summed E-state index contributed by atoms with van der Waals surface area (Å²) in [6.07, 6.45) is -5.64. The van der Waals surface area contributed by atoms with Crippen molar-refractivity contribution in [2.45, 2.75) is 62.0 Å². The second-order valence-electron chi connectivity index (χ2n) is 9.10. The van der Waals surface area contributed by atoms with Gasteiger partial charge in [0.2, 0.25) is 0 Å². The van der Waals surface area contributed by atoms with E-state index in [9.17, 15) is 24.0 Å². The smallest absolute Gasteiger partial charge is 0.317 e. The first-order chi connectivity index (χ1) is 18.5. The lowest BCUT2D eigenvalue weighted by Gasteiger charge is -2.17. The van der Waals surface area contributed by atoms with Gasteiger partial charge in [0.05, 0.1) is 44.9 Å². The number of ether oxygens (including phenoxy) is 7. The normalized spacial score (nSPS) is 32.2. The third kappa shape index (κ3) is 8.34. The van der Waals surface area contributed by atoms with Gasteiger partial charge >= 0.3 is 29.8 Å². The molecule has 4 fully saturated rings. The summed E-state index contributed by atoms with van der Waals surface area (Å²) < 4.78 is 36.7. The Morgan fingerprint density at radius 1 is 0.615 bits per heavy atom. The van der Waals surface area contributed by atoms with Crippen LogP contribution in [-0.2, 0) is 57.1 Å². The number of aliphatic carboxylic acids is 2. The molecule has 0 aromatic heterocycles. The first kappa shape index (κ1) is 30.2. The Hall–Kier alpha value is -3.31. The standard InChI is InChI=1S/C13H16O9.C10H14O7/c1-6(14)2-10(17)21-7-4-19-13-8(5-20-12(7)13)22-11(18)3-9(15)16;11-2-5-3-15-10-6(4-16-9(5)10)17-8(14)1-7(12)13/h7-8,12-14H,1-5H2,(H,15,16);5-6,9-11H,1-4H2,(H,12,13). The molecule has 4 aliphatic rings. The fourth-order valence-electron chi connectivity index (χ4n) is 4.48. The Morgan fingerprint density at radius 2 is 0.974 bits per heavy atom. The summed E-state index contributed by atoms with van der Waals surface area (Å²) in [5, 5.41) is 34.9. The Morgan fingerprint density at radius 3 is 1.36 bits per heavy atom. The number of hydrogen-bond donors (Lipinski definition) is 4. The number of carbonyl (C=O) groups excluding carboxylic acids is 3. The van der Waals surface area contributed by atoms with Gasteiger partial charge in [-0.2, -0.15) is 0 Å². The van der Waals surface area contributed by atoms with Crippen molar-refractivity contribution in [2.24, 2.45) is 5.92 Å². The minimum absolute atomic E-state index is 0.0292. The molecule has 4 saturated heterocycles. The number of aliphatic hydroxyl groups is 2. The Bertz CT molecular complexity index is 904. The third-order valence-electron chi connectivity index (χ3n) is 6.10. The first-order valence-electron chi connectivity index (χ1n) is 11.9. The fourth-order valence-corrected chi connectivity index (χ4v) is 4.48. The number of esters is 3.